The molecule has 1 amide bonds. The molecule has 168 valence electrons. The Morgan fingerprint density at radius 3 is 1.94 bits per heavy atom. The van der Waals surface area contributed by atoms with E-state index in [9.17, 15) is 13.2 Å². The Bertz CT molecular complexity index is 1070. The van der Waals surface area contributed by atoms with Crippen molar-refractivity contribution in [2.45, 2.75) is 13.2 Å². The highest BCUT2D eigenvalue weighted by atomic mass is 32.2. The van der Waals surface area contributed by atoms with Crippen LogP contribution in [0.25, 0.3) is 0 Å². The van der Waals surface area contributed by atoms with Crippen LogP contribution in [0.2, 0.25) is 0 Å². The van der Waals surface area contributed by atoms with E-state index in [4.69, 9.17) is 9.47 Å². The first-order chi connectivity index (χ1) is 15.5. The van der Waals surface area contributed by atoms with Gasteiger partial charge in [-0.15, -0.1) is 0 Å². The minimum absolute atomic E-state index is 0.00141. The normalized spacial score (nSPS) is 11.0. The zero-order chi connectivity index (χ0) is 22.7. The van der Waals surface area contributed by atoms with Gasteiger partial charge < -0.3 is 14.8 Å². The summed E-state index contributed by atoms with van der Waals surface area (Å²) in [6.45, 7) is 0.470. The van der Waals surface area contributed by atoms with Crippen LogP contribution in [0.1, 0.15) is 11.1 Å². The van der Waals surface area contributed by atoms with Crippen LogP contribution in [0.4, 0.5) is 0 Å². The predicted molar refractivity (Wildman–Crippen MR) is 123 cm³/mol. The van der Waals surface area contributed by atoms with Crippen LogP contribution in [-0.4, -0.2) is 33.2 Å². The van der Waals surface area contributed by atoms with Crippen LogP contribution >= 0.6 is 0 Å². The fourth-order valence-corrected chi connectivity index (χ4v) is 3.66. The number of nitrogens with one attached hydrogen (secondary N) is 2. The molecule has 2 N–H and O–H groups in total. The Hall–Kier alpha value is -3.36. The highest BCUT2D eigenvalue weighted by molar-refractivity contribution is 7.89. The molecule has 0 aliphatic heterocycles. The van der Waals surface area contributed by atoms with Gasteiger partial charge in [-0.2, -0.15) is 0 Å². The van der Waals surface area contributed by atoms with Crippen molar-refractivity contribution < 1.29 is 22.7 Å². The number of hydrogen-bond acceptors (Lipinski definition) is 5. The molecule has 0 radical (unpaired) electrons. The Morgan fingerprint density at radius 2 is 1.31 bits per heavy atom. The summed E-state index contributed by atoms with van der Waals surface area (Å²) in [7, 11) is -3.49. The minimum Gasteiger partial charge on any atom is -0.489 e. The molecule has 32 heavy (non-hydrogen) atoms. The molecule has 7 nitrogen and oxygen atoms in total. The minimum atomic E-state index is -3.49. The summed E-state index contributed by atoms with van der Waals surface area (Å²) < 4.78 is 37.7. The van der Waals surface area contributed by atoms with Crippen LogP contribution in [-0.2, 0) is 28.0 Å². The van der Waals surface area contributed by atoms with E-state index < -0.39 is 15.9 Å². The van der Waals surface area contributed by atoms with Gasteiger partial charge in [-0.05, 0) is 35.4 Å². The van der Waals surface area contributed by atoms with Crippen LogP contribution in [0.3, 0.4) is 0 Å². The van der Waals surface area contributed by atoms with Crippen molar-refractivity contribution in [3.8, 4) is 11.5 Å². The van der Waals surface area contributed by atoms with Gasteiger partial charge in [-0.25, -0.2) is 13.1 Å². The molecule has 3 aromatic carbocycles. The zero-order valence-corrected chi connectivity index (χ0v) is 18.4. The largest absolute Gasteiger partial charge is 0.489 e. The molecular formula is C24H26N2O5S. The van der Waals surface area contributed by atoms with Crippen molar-refractivity contribution in [1.29, 1.82) is 0 Å². The summed E-state index contributed by atoms with van der Waals surface area (Å²) in [6.07, 6.45) is 0. The standard InChI is InChI=1S/C24H26N2O5S/c27-24(25-15-16-32(28,29)26-17-20-7-3-1-4-8-20)19-31-23-13-11-22(12-14-23)30-18-21-9-5-2-6-10-21/h1-14,26H,15-19H2,(H,25,27). The Morgan fingerprint density at radius 1 is 0.750 bits per heavy atom. The van der Waals surface area contributed by atoms with Gasteiger partial charge in [0.2, 0.25) is 10.0 Å². The fraction of sp³-hybridized carbons (Fsp3) is 0.208. The van der Waals surface area contributed by atoms with Crippen molar-refractivity contribution >= 4 is 15.9 Å². The second kappa shape index (κ2) is 11.9. The van der Waals surface area contributed by atoms with E-state index in [1.807, 2.05) is 60.7 Å². The molecular weight excluding hydrogens is 428 g/mol. The first-order valence-corrected chi connectivity index (χ1v) is 11.8. The molecule has 8 heteroatoms. The number of sulfonamides is 1. The van der Waals surface area contributed by atoms with Gasteiger partial charge in [0.15, 0.2) is 6.61 Å². The third-order valence-corrected chi connectivity index (χ3v) is 5.80. The number of rotatable bonds is 12. The van der Waals surface area contributed by atoms with Gasteiger partial charge in [0.25, 0.3) is 5.91 Å². The fourth-order valence-electron chi connectivity index (χ4n) is 2.76. The lowest BCUT2D eigenvalue weighted by atomic mass is 10.2. The van der Waals surface area contributed by atoms with Gasteiger partial charge in [-0.1, -0.05) is 60.7 Å². The van der Waals surface area contributed by atoms with Crippen molar-refractivity contribution in [1.82, 2.24) is 10.0 Å². The maximum Gasteiger partial charge on any atom is 0.257 e. The third-order valence-electron chi connectivity index (χ3n) is 4.47. The third kappa shape index (κ3) is 8.41. The molecule has 0 saturated carbocycles. The van der Waals surface area contributed by atoms with Gasteiger partial charge in [0.05, 0.1) is 5.75 Å². The number of carbonyl (C=O) groups is 1. The van der Waals surface area contributed by atoms with Gasteiger partial charge >= 0.3 is 0 Å². The molecule has 0 saturated heterocycles. The summed E-state index contributed by atoms with van der Waals surface area (Å²) in [5.74, 6) is 0.606. The zero-order valence-electron chi connectivity index (χ0n) is 17.6. The van der Waals surface area contributed by atoms with E-state index in [1.165, 1.54) is 0 Å². The molecule has 0 fully saturated rings. The van der Waals surface area contributed by atoms with E-state index in [0.717, 1.165) is 11.1 Å². The van der Waals surface area contributed by atoms with Crippen molar-refractivity contribution in [3.63, 3.8) is 0 Å². The Labute approximate surface area is 188 Å². The molecule has 3 aromatic rings. The lowest BCUT2D eigenvalue weighted by Gasteiger charge is -2.10. The first-order valence-electron chi connectivity index (χ1n) is 10.2. The molecule has 3 rings (SSSR count). The smallest absolute Gasteiger partial charge is 0.257 e. The predicted octanol–water partition coefficient (Wildman–Crippen LogP) is 2.88. The van der Waals surface area contributed by atoms with E-state index in [1.54, 1.807) is 24.3 Å². The SMILES string of the molecule is O=C(COc1ccc(OCc2ccccc2)cc1)NCCS(=O)(=O)NCc1ccccc1. The lowest BCUT2D eigenvalue weighted by molar-refractivity contribution is -0.122. The van der Waals surface area contributed by atoms with Crippen molar-refractivity contribution in [3.05, 3.63) is 96.1 Å². The molecule has 0 heterocycles. The highest BCUT2D eigenvalue weighted by Crippen LogP contribution is 2.18. The van der Waals surface area contributed by atoms with Gasteiger partial charge in [-0.3, -0.25) is 4.79 Å². The van der Waals surface area contributed by atoms with Crippen LogP contribution in [0, 0.1) is 0 Å². The second-order valence-electron chi connectivity index (χ2n) is 7.01. The molecule has 0 aliphatic carbocycles. The average Bonchev–Trinajstić information content (AvgIpc) is 2.82. The lowest BCUT2D eigenvalue weighted by Crippen LogP contribution is -2.36. The summed E-state index contributed by atoms with van der Waals surface area (Å²) >= 11 is 0. The monoisotopic (exact) mass is 454 g/mol. The number of amides is 1. The maximum absolute atomic E-state index is 12.0. The van der Waals surface area contributed by atoms with E-state index in [0.29, 0.717) is 18.1 Å². The Kier molecular flexibility index (Phi) is 8.65. The second-order valence-corrected chi connectivity index (χ2v) is 8.94. The van der Waals surface area contributed by atoms with E-state index >= 15 is 0 Å². The molecule has 0 atom stereocenters. The average molecular weight is 455 g/mol. The summed E-state index contributed by atoms with van der Waals surface area (Å²) in [4.78, 5) is 11.9. The maximum atomic E-state index is 12.0. The van der Waals surface area contributed by atoms with Crippen molar-refractivity contribution in [2.24, 2.45) is 0 Å². The molecule has 0 spiro atoms. The van der Waals surface area contributed by atoms with Gasteiger partial charge in [0, 0.05) is 13.1 Å². The quantitative estimate of drug-likeness (QED) is 0.439. The number of hydrogen-bond donors (Lipinski definition) is 2. The van der Waals surface area contributed by atoms with E-state index in [-0.39, 0.29) is 25.4 Å². The van der Waals surface area contributed by atoms with Crippen LogP contribution in [0.15, 0.2) is 84.9 Å². The molecule has 0 aromatic heterocycles. The Balaban J connectivity index is 1.33. The topological polar surface area (TPSA) is 93.7 Å². The summed E-state index contributed by atoms with van der Waals surface area (Å²) in [5, 5.41) is 2.55. The first kappa shape index (κ1) is 23.3. The van der Waals surface area contributed by atoms with Gasteiger partial charge in [0.1, 0.15) is 18.1 Å². The number of ether oxygens (including phenoxy) is 2. The van der Waals surface area contributed by atoms with Crippen LogP contribution < -0.4 is 19.5 Å². The highest BCUT2D eigenvalue weighted by Gasteiger charge is 2.11. The molecule has 0 aliphatic rings. The number of benzene rings is 3. The van der Waals surface area contributed by atoms with E-state index in [2.05, 4.69) is 10.0 Å². The number of carbonyl (C=O) groups excluding carboxylic acids is 1. The van der Waals surface area contributed by atoms with Crippen LogP contribution in [0.5, 0.6) is 11.5 Å². The van der Waals surface area contributed by atoms with Crippen molar-refractivity contribution in [2.75, 3.05) is 18.9 Å². The summed E-state index contributed by atoms with van der Waals surface area (Å²) in [6, 6.07) is 26.0. The summed E-state index contributed by atoms with van der Waals surface area (Å²) in [5.41, 5.74) is 1.94. The molecule has 0 bridgehead atoms. The molecule has 0 unspecified atom stereocenters.